The summed E-state index contributed by atoms with van der Waals surface area (Å²) in [5.41, 5.74) is 0.696. The fourth-order valence-corrected chi connectivity index (χ4v) is 2.30. The Labute approximate surface area is 130 Å². The van der Waals surface area contributed by atoms with E-state index in [4.69, 9.17) is 27.9 Å². The normalized spacial score (nSPS) is 10.4. The van der Waals surface area contributed by atoms with Gasteiger partial charge in [-0.25, -0.2) is 4.39 Å². The minimum absolute atomic E-state index is 0.0771. The van der Waals surface area contributed by atoms with Crippen LogP contribution in [0.25, 0.3) is 0 Å². The molecule has 7 heteroatoms. The second-order valence-electron chi connectivity index (χ2n) is 4.22. The first kappa shape index (κ1) is 15.5. The first-order valence-electron chi connectivity index (χ1n) is 5.98. The Morgan fingerprint density at radius 3 is 2.24 bits per heavy atom. The van der Waals surface area contributed by atoms with Crippen molar-refractivity contribution in [3.05, 3.63) is 67.9 Å². The fraction of sp³-hybridized carbons (Fsp3) is 0.143. The van der Waals surface area contributed by atoms with Gasteiger partial charge in [0.1, 0.15) is 5.82 Å². The highest BCUT2D eigenvalue weighted by molar-refractivity contribution is 6.37. The van der Waals surface area contributed by atoms with Crippen molar-refractivity contribution >= 4 is 28.9 Å². The molecule has 0 atom stereocenters. The third kappa shape index (κ3) is 4.06. The molecule has 2 aromatic carbocycles. The molecule has 2 aromatic rings. The Bertz CT molecular complexity index is 639. The van der Waals surface area contributed by atoms with E-state index in [0.717, 1.165) is 5.56 Å². The average Bonchev–Trinajstić information content (AvgIpc) is 2.43. The molecule has 0 aliphatic carbocycles. The zero-order chi connectivity index (χ0) is 15.4. The number of hydrogen-bond donors (Lipinski definition) is 0. The maximum Gasteiger partial charge on any atom is 0.272 e. The predicted molar refractivity (Wildman–Crippen MR) is 78.7 cm³/mol. The van der Waals surface area contributed by atoms with Crippen molar-refractivity contribution in [2.24, 2.45) is 0 Å². The highest BCUT2D eigenvalue weighted by atomic mass is 35.5. The zero-order valence-electron chi connectivity index (χ0n) is 10.7. The van der Waals surface area contributed by atoms with E-state index < -0.39 is 4.92 Å². The van der Waals surface area contributed by atoms with E-state index in [9.17, 15) is 14.5 Å². The molecule has 0 N–H and O–H groups in total. The minimum Gasteiger partial charge on any atom is -0.490 e. The van der Waals surface area contributed by atoms with E-state index in [2.05, 4.69) is 0 Å². The molecular formula is C14H10Cl2FNO3. The third-order valence-corrected chi connectivity index (χ3v) is 3.31. The van der Waals surface area contributed by atoms with E-state index in [1.807, 2.05) is 0 Å². The molecule has 0 amide bonds. The van der Waals surface area contributed by atoms with Crippen molar-refractivity contribution in [3.8, 4) is 5.75 Å². The second-order valence-corrected chi connectivity index (χ2v) is 5.03. The Morgan fingerprint density at radius 2 is 1.71 bits per heavy atom. The summed E-state index contributed by atoms with van der Waals surface area (Å²) in [5.74, 6) is -0.104. The van der Waals surface area contributed by atoms with Crippen LogP contribution in [-0.2, 0) is 6.42 Å². The maximum absolute atomic E-state index is 12.8. The van der Waals surface area contributed by atoms with Gasteiger partial charge < -0.3 is 4.74 Å². The van der Waals surface area contributed by atoms with Crippen molar-refractivity contribution in [3.63, 3.8) is 0 Å². The summed E-state index contributed by atoms with van der Waals surface area (Å²) in [6, 6.07) is 8.39. The van der Waals surface area contributed by atoms with Crippen molar-refractivity contribution in [2.75, 3.05) is 6.61 Å². The van der Waals surface area contributed by atoms with Crippen LogP contribution in [0.1, 0.15) is 5.56 Å². The van der Waals surface area contributed by atoms with Gasteiger partial charge in [0.25, 0.3) is 5.69 Å². The minimum atomic E-state index is -0.583. The molecule has 2 rings (SSSR count). The van der Waals surface area contributed by atoms with Gasteiger partial charge in [0, 0.05) is 18.6 Å². The lowest BCUT2D eigenvalue weighted by Gasteiger charge is -2.10. The summed E-state index contributed by atoms with van der Waals surface area (Å²) < 4.78 is 18.2. The number of nitro benzene ring substituents is 1. The summed E-state index contributed by atoms with van der Waals surface area (Å²) in [4.78, 5) is 10.1. The molecule has 0 saturated carbocycles. The van der Waals surface area contributed by atoms with Gasteiger partial charge in [-0.05, 0) is 17.7 Å². The molecule has 110 valence electrons. The lowest BCUT2D eigenvalue weighted by Crippen LogP contribution is -2.02. The van der Waals surface area contributed by atoms with Crippen molar-refractivity contribution in [1.82, 2.24) is 0 Å². The Kier molecular flexibility index (Phi) is 4.98. The van der Waals surface area contributed by atoms with Gasteiger partial charge in [-0.1, -0.05) is 35.3 Å². The van der Waals surface area contributed by atoms with Gasteiger partial charge in [-0.2, -0.15) is 0 Å². The zero-order valence-corrected chi connectivity index (χ0v) is 12.2. The van der Waals surface area contributed by atoms with Gasteiger partial charge in [-0.15, -0.1) is 0 Å². The molecular weight excluding hydrogens is 320 g/mol. The van der Waals surface area contributed by atoms with E-state index in [1.165, 1.54) is 24.3 Å². The number of ether oxygens (including phenoxy) is 1. The van der Waals surface area contributed by atoms with Gasteiger partial charge in [-0.3, -0.25) is 10.1 Å². The molecule has 0 aliphatic rings. The number of halogens is 3. The molecule has 0 heterocycles. The largest absolute Gasteiger partial charge is 0.490 e. The second kappa shape index (κ2) is 6.74. The molecule has 0 aromatic heterocycles. The monoisotopic (exact) mass is 329 g/mol. The predicted octanol–water partition coefficient (Wildman–Crippen LogP) is 4.66. The number of nitrogens with zero attached hydrogens (tertiary/aromatic N) is 1. The number of benzene rings is 2. The lowest BCUT2D eigenvalue weighted by molar-refractivity contribution is -0.384. The van der Waals surface area contributed by atoms with Gasteiger partial charge in [0.05, 0.1) is 21.6 Å². The van der Waals surface area contributed by atoms with E-state index in [-0.39, 0.29) is 33.9 Å². The molecule has 21 heavy (non-hydrogen) atoms. The van der Waals surface area contributed by atoms with Crippen molar-refractivity contribution in [1.29, 1.82) is 0 Å². The molecule has 0 aliphatic heterocycles. The van der Waals surface area contributed by atoms with Crippen molar-refractivity contribution in [2.45, 2.75) is 6.42 Å². The van der Waals surface area contributed by atoms with Crippen LogP contribution in [0, 0.1) is 15.9 Å². The average molecular weight is 330 g/mol. The van der Waals surface area contributed by atoms with E-state index in [0.29, 0.717) is 6.42 Å². The first-order valence-corrected chi connectivity index (χ1v) is 6.73. The van der Waals surface area contributed by atoms with Crippen LogP contribution in [0.5, 0.6) is 5.75 Å². The van der Waals surface area contributed by atoms with E-state index in [1.54, 1.807) is 12.1 Å². The SMILES string of the molecule is O=[N+]([O-])c1cc(Cl)c(OCCc2ccc(F)cc2)c(Cl)c1. The Hall–Kier alpha value is -1.85. The van der Waals surface area contributed by atoms with Crippen LogP contribution in [0.4, 0.5) is 10.1 Å². The van der Waals surface area contributed by atoms with Crippen LogP contribution in [0.2, 0.25) is 10.0 Å². The van der Waals surface area contributed by atoms with E-state index >= 15 is 0 Å². The first-order chi connectivity index (χ1) is 9.97. The Balaban J connectivity index is 2.03. The topological polar surface area (TPSA) is 52.4 Å². The summed E-state index contributed by atoms with van der Waals surface area (Å²) in [6.07, 6.45) is 0.532. The molecule has 0 fully saturated rings. The smallest absolute Gasteiger partial charge is 0.272 e. The van der Waals surface area contributed by atoms with Crippen LogP contribution < -0.4 is 4.74 Å². The molecule has 0 saturated heterocycles. The molecule has 0 unspecified atom stereocenters. The molecule has 4 nitrogen and oxygen atoms in total. The summed E-state index contributed by atoms with van der Waals surface area (Å²) in [7, 11) is 0. The van der Waals surface area contributed by atoms with Crippen molar-refractivity contribution < 1.29 is 14.1 Å². The highest BCUT2D eigenvalue weighted by Crippen LogP contribution is 2.36. The number of hydrogen-bond acceptors (Lipinski definition) is 3. The van der Waals surface area contributed by atoms with Crippen LogP contribution in [0.15, 0.2) is 36.4 Å². The van der Waals surface area contributed by atoms with Crippen LogP contribution >= 0.6 is 23.2 Å². The summed E-state index contributed by atoms with van der Waals surface area (Å²) in [5, 5.41) is 10.8. The number of nitro groups is 1. The standard InChI is InChI=1S/C14H10Cl2FNO3/c15-12-7-11(18(19)20)8-13(16)14(12)21-6-5-9-1-3-10(17)4-2-9/h1-4,7-8H,5-6H2. The molecule has 0 bridgehead atoms. The third-order valence-electron chi connectivity index (χ3n) is 2.74. The van der Waals surface area contributed by atoms with Gasteiger partial charge in [0.2, 0.25) is 0 Å². The van der Waals surface area contributed by atoms with Gasteiger partial charge >= 0.3 is 0 Å². The summed E-state index contributed by atoms with van der Waals surface area (Å²) in [6.45, 7) is 0.267. The number of non-ortho nitro benzene ring substituents is 1. The number of rotatable bonds is 5. The fourth-order valence-electron chi connectivity index (χ4n) is 1.71. The maximum atomic E-state index is 12.8. The van der Waals surface area contributed by atoms with Crippen LogP contribution in [-0.4, -0.2) is 11.5 Å². The Morgan fingerprint density at radius 1 is 1.14 bits per heavy atom. The highest BCUT2D eigenvalue weighted by Gasteiger charge is 2.15. The van der Waals surface area contributed by atoms with Gasteiger partial charge in [0.15, 0.2) is 5.75 Å². The van der Waals surface area contributed by atoms with Crippen LogP contribution in [0.3, 0.4) is 0 Å². The lowest BCUT2D eigenvalue weighted by atomic mass is 10.2. The quantitative estimate of drug-likeness (QED) is 0.592. The molecule has 0 spiro atoms. The summed E-state index contributed by atoms with van der Waals surface area (Å²) >= 11 is 11.8. The molecule has 0 radical (unpaired) electrons.